The van der Waals surface area contributed by atoms with Crippen molar-refractivity contribution < 1.29 is 46.1 Å². The van der Waals surface area contributed by atoms with Gasteiger partial charge < -0.3 is 20.1 Å². The van der Waals surface area contributed by atoms with Crippen LogP contribution in [-0.4, -0.2) is 60.5 Å². The maximum atomic E-state index is 10.6. The van der Waals surface area contributed by atoms with Crippen LogP contribution in [0.1, 0.15) is 17.1 Å². The molecule has 0 fully saturated rings. The second-order valence-corrected chi connectivity index (χ2v) is 8.14. The van der Waals surface area contributed by atoms with E-state index in [1.807, 2.05) is 18.2 Å². The van der Waals surface area contributed by atoms with E-state index in [-0.39, 0.29) is 0 Å². The number of alkyl halides is 6. The molecule has 16 heteroatoms. The lowest BCUT2D eigenvalue weighted by Crippen LogP contribution is -2.33. The lowest BCUT2D eigenvalue weighted by molar-refractivity contribution is -0.193. The van der Waals surface area contributed by atoms with Gasteiger partial charge in [0.05, 0.1) is 18.8 Å². The molecule has 4 heterocycles. The SMILES string of the molecule is O=C(O)C(F)(F)F.O=C(O)C(F)(F)F.c1ccc(NCc2cn3c(n2)CN(Cc2ccsc2)CC3)nc1. The van der Waals surface area contributed by atoms with Crippen molar-refractivity contribution in [3.8, 4) is 0 Å². The average Bonchev–Trinajstić information content (AvgIpc) is 3.47. The number of aromatic nitrogens is 3. The third-order valence-corrected chi connectivity index (χ3v) is 5.25. The summed E-state index contributed by atoms with van der Waals surface area (Å²) in [7, 11) is 0. The number of pyridine rings is 1. The molecular formula is C21H21F6N5O4S. The molecule has 0 spiro atoms. The molecule has 0 aliphatic carbocycles. The van der Waals surface area contributed by atoms with Gasteiger partial charge in [0.25, 0.3) is 0 Å². The Labute approximate surface area is 210 Å². The zero-order chi connectivity index (χ0) is 27.6. The molecule has 0 aromatic carbocycles. The van der Waals surface area contributed by atoms with E-state index in [0.29, 0.717) is 6.54 Å². The fourth-order valence-corrected chi connectivity index (χ4v) is 3.53. The highest BCUT2D eigenvalue weighted by molar-refractivity contribution is 7.07. The maximum absolute atomic E-state index is 10.6. The molecule has 202 valence electrons. The quantitative estimate of drug-likeness (QED) is 0.402. The second kappa shape index (κ2) is 13.0. The van der Waals surface area contributed by atoms with Crippen molar-refractivity contribution in [2.24, 2.45) is 0 Å². The number of nitrogens with zero attached hydrogens (tertiary/aromatic N) is 4. The van der Waals surface area contributed by atoms with E-state index in [4.69, 9.17) is 24.8 Å². The summed E-state index contributed by atoms with van der Waals surface area (Å²) in [5.74, 6) is -3.47. The zero-order valence-electron chi connectivity index (χ0n) is 18.8. The minimum atomic E-state index is -5.08. The lowest BCUT2D eigenvalue weighted by atomic mass is 10.3. The Morgan fingerprint density at radius 3 is 2.19 bits per heavy atom. The molecule has 37 heavy (non-hydrogen) atoms. The van der Waals surface area contributed by atoms with Gasteiger partial charge in [0, 0.05) is 32.0 Å². The Bertz CT molecular complexity index is 1110. The van der Waals surface area contributed by atoms with Gasteiger partial charge in [-0.25, -0.2) is 19.6 Å². The van der Waals surface area contributed by atoms with Crippen LogP contribution in [0.25, 0.3) is 0 Å². The van der Waals surface area contributed by atoms with Crippen molar-refractivity contribution >= 4 is 29.1 Å². The third kappa shape index (κ3) is 10.5. The van der Waals surface area contributed by atoms with Crippen molar-refractivity contribution in [1.82, 2.24) is 19.4 Å². The number of aliphatic carboxylic acids is 2. The zero-order valence-corrected chi connectivity index (χ0v) is 19.6. The van der Waals surface area contributed by atoms with Crippen molar-refractivity contribution in [2.45, 2.75) is 38.5 Å². The Kier molecular flexibility index (Phi) is 10.4. The van der Waals surface area contributed by atoms with Gasteiger partial charge >= 0.3 is 24.3 Å². The molecule has 0 unspecified atom stereocenters. The summed E-state index contributed by atoms with van der Waals surface area (Å²) in [6.45, 7) is 4.72. The van der Waals surface area contributed by atoms with Crippen molar-refractivity contribution in [3.05, 3.63) is 64.5 Å². The molecule has 3 aromatic heterocycles. The predicted molar refractivity (Wildman–Crippen MR) is 120 cm³/mol. The van der Waals surface area contributed by atoms with Crippen LogP contribution in [0.5, 0.6) is 0 Å². The standard InChI is InChI=1S/C17H19N5S.2C2HF3O2/c1-2-5-18-16(3-1)19-9-15-11-22-7-6-21(12-17(22)20-15)10-14-4-8-23-13-14;2*3-2(4,5)1(6)7/h1-5,8,11,13H,6-7,9-10,12H2,(H,18,19);2*(H,6,7). The number of carboxylic acid groups (broad SMARTS) is 2. The number of fused-ring (bicyclic) bond motifs is 1. The predicted octanol–water partition coefficient (Wildman–Crippen LogP) is 4.23. The summed E-state index contributed by atoms with van der Waals surface area (Å²) >= 11 is 1.76. The molecule has 3 N–H and O–H groups in total. The fourth-order valence-electron chi connectivity index (χ4n) is 2.87. The van der Waals surface area contributed by atoms with Crippen LogP contribution >= 0.6 is 11.3 Å². The molecule has 0 saturated heterocycles. The molecule has 1 aliphatic rings. The maximum Gasteiger partial charge on any atom is 0.490 e. The summed E-state index contributed by atoms with van der Waals surface area (Å²) in [5.41, 5.74) is 2.47. The molecule has 9 nitrogen and oxygen atoms in total. The van der Waals surface area contributed by atoms with E-state index in [1.165, 1.54) is 5.56 Å². The average molecular weight is 553 g/mol. The second-order valence-electron chi connectivity index (χ2n) is 7.36. The first-order valence-electron chi connectivity index (χ1n) is 10.3. The van der Waals surface area contributed by atoms with Crippen LogP contribution in [-0.2, 0) is 35.8 Å². The number of carbonyl (C=O) groups is 2. The molecule has 0 bridgehead atoms. The van der Waals surface area contributed by atoms with E-state index in [2.05, 4.69) is 42.8 Å². The molecule has 0 atom stereocenters. The highest BCUT2D eigenvalue weighted by atomic mass is 32.1. The van der Waals surface area contributed by atoms with Crippen molar-refractivity contribution in [2.75, 3.05) is 11.9 Å². The minimum absolute atomic E-state index is 0.710. The normalized spacial score (nSPS) is 13.4. The Hall–Kier alpha value is -3.66. The van der Waals surface area contributed by atoms with Crippen LogP contribution in [0.15, 0.2) is 47.4 Å². The number of nitrogens with one attached hydrogen (secondary N) is 1. The summed E-state index contributed by atoms with van der Waals surface area (Å²) in [4.78, 5) is 29.3. The number of halogens is 6. The third-order valence-electron chi connectivity index (χ3n) is 4.52. The van der Waals surface area contributed by atoms with Gasteiger partial charge in [0.1, 0.15) is 11.6 Å². The number of rotatable bonds is 5. The van der Waals surface area contributed by atoms with E-state index in [9.17, 15) is 26.3 Å². The van der Waals surface area contributed by atoms with Crippen LogP contribution in [0.3, 0.4) is 0 Å². The summed E-state index contributed by atoms with van der Waals surface area (Å²) in [5, 5.41) is 21.9. The molecule has 1 aliphatic heterocycles. The van der Waals surface area contributed by atoms with E-state index in [1.54, 1.807) is 17.5 Å². The van der Waals surface area contributed by atoms with Crippen LogP contribution in [0.4, 0.5) is 32.2 Å². The number of hydrogen-bond donors (Lipinski definition) is 3. The summed E-state index contributed by atoms with van der Waals surface area (Å²) < 4.78 is 65.7. The Morgan fingerprint density at radius 2 is 1.68 bits per heavy atom. The van der Waals surface area contributed by atoms with Gasteiger partial charge in [-0.15, -0.1) is 0 Å². The summed E-state index contributed by atoms with van der Waals surface area (Å²) in [6, 6.07) is 8.07. The number of thiophene rings is 1. The first-order chi connectivity index (χ1) is 17.3. The van der Waals surface area contributed by atoms with E-state index >= 15 is 0 Å². The minimum Gasteiger partial charge on any atom is -0.475 e. The van der Waals surface area contributed by atoms with Gasteiger partial charge in [0.2, 0.25) is 0 Å². The molecule has 3 aromatic rings. The molecule has 0 radical (unpaired) electrons. The Balaban J connectivity index is 0.000000286. The van der Waals surface area contributed by atoms with Gasteiger partial charge in [-0.2, -0.15) is 37.7 Å². The van der Waals surface area contributed by atoms with E-state index < -0.39 is 24.3 Å². The lowest BCUT2D eigenvalue weighted by Gasteiger charge is -2.27. The van der Waals surface area contributed by atoms with E-state index in [0.717, 1.165) is 43.5 Å². The van der Waals surface area contributed by atoms with Gasteiger partial charge in [-0.05, 0) is 34.5 Å². The van der Waals surface area contributed by atoms with Gasteiger partial charge in [-0.3, -0.25) is 4.90 Å². The molecule has 0 amide bonds. The summed E-state index contributed by atoms with van der Waals surface area (Å²) in [6.07, 6.45) is -6.21. The molecule has 4 rings (SSSR count). The Morgan fingerprint density at radius 1 is 1.03 bits per heavy atom. The van der Waals surface area contributed by atoms with Crippen molar-refractivity contribution in [3.63, 3.8) is 0 Å². The monoisotopic (exact) mass is 553 g/mol. The molecular weight excluding hydrogens is 532 g/mol. The highest BCUT2D eigenvalue weighted by Crippen LogP contribution is 2.17. The van der Waals surface area contributed by atoms with Gasteiger partial charge in [0.15, 0.2) is 0 Å². The smallest absolute Gasteiger partial charge is 0.475 e. The molecule has 0 saturated carbocycles. The van der Waals surface area contributed by atoms with Crippen LogP contribution in [0, 0.1) is 0 Å². The number of hydrogen-bond acceptors (Lipinski definition) is 7. The number of imidazole rings is 1. The van der Waals surface area contributed by atoms with Crippen molar-refractivity contribution in [1.29, 1.82) is 0 Å². The highest BCUT2D eigenvalue weighted by Gasteiger charge is 2.38. The first kappa shape index (κ1) is 29.6. The number of anilines is 1. The largest absolute Gasteiger partial charge is 0.490 e. The van der Waals surface area contributed by atoms with Crippen LogP contribution in [0.2, 0.25) is 0 Å². The fraction of sp³-hybridized carbons (Fsp3) is 0.333. The first-order valence-corrected chi connectivity index (χ1v) is 11.2. The van der Waals surface area contributed by atoms with Crippen LogP contribution < -0.4 is 5.32 Å². The number of carboxylic acids is 2. The van der Waals surface area contributed by atoms with Gasteiger partial charge in [-0.1, -0.05) is 6.07 Å². The topological polar surface area (TPSA) is 121 Å².